The first-order valence-electron chi connectivity index (χ1n) is 11.3. The van der Waals surface area contributed by atoms with Crippen molar-refractivity contribution in [3.05, 3.63) is 29.8 Å². The summed E-state index contributed by atoms with van der Waals surface area (Å²) in [5.74, 6) is 0.716. The van der Waals surface area contributed by atoms with Gasteiger partial charge in [-0.15, -0.1) is 0 Å². The number of likely N-dealkylation sites (tertiary alicyclic amines) is 1. The van der Waals surface area contributed by atoms with Gasteiger partial charge in [-0.25, -0.2) is 4.79 Å². The Balaban J connectivity index is 1.58. The van der Waals surface area contributed by atoms with Gasteiger partial charge in [-0.05, 0) is 43.4 Å². The Morgan fingerprint density at radius 1 is 1.06 bits per heavy atom. The van der Waals surface area contributed by atoms with E-state index in [0.717, 1.165) is 43.4 Å². The van der Waals surface area contributed by atoms with E-state index >= 15 is 0 Å². The van der Waals surface area contributed by atoms with Crippen LogP contribution in [0, 0.1) is 0 Å². The molecule has 2 aliphatic heterocycles. The molecule has 0 saturated carbocycles. The third kappa shape index (κ3) is 6.60. The molecule has 2 fully saturated rings. The third-order valence-electron chi connectivity index (χ3n) is 6.00. The van der Waals surface area contributed by atoms with E-state index in [1.54, 1.807) is 16.9 Å². The maximum atomic E-state index is 13.3. The predicted octanol–water partition coefficient (Wildman–Crippen LogP) is 2.28. The molecule has 1 aromatic carbocycles. The fraction of sp³-hybridized carbons (Fsp3) is 0.609. The molecule has 8 nitrogen and oxygen atoms in total. The van der Waals surface area contributed by atoms with Gasteiger partial charge >= 0.3 is 6.03 Å². The van der Waals surface area contributed by atoms with Crippen molar-refractivity contribution in [2.45, 2.75) is 57.5 Å². The van der Waals surface area contributed by atoms with Crippen molar-refractivity contribution in [1.82, 2.24) is 20.4 Å². The van der Waals surface area contributed by atoms with Gasteiger partial charge in [-0.3, -0.25) is 9.59 Å². The molecule has 1 aromatic rings. The number of nitrogens with zero attached hydrogens (tertiary/aromatic N) is 2. The van der Waals surface area contributed by atoms with Crippen molar-refractivity contribution < 1.29 is 19.1 Å². The van der Waals surface area contributed by atoms with Gasteiger partial charge in [-0.2, -0.15) is 0 Å². The third-order valence-corrected chi connectivity index (χ3v) is 6.00. The van der Waals surface area contributed by atoms with E-state index in [0.29, 0.717) is 45.6 Å². The molecule has 2 aliphatic rings. The van der Waals surface area contributed by atoms with E-state index < -0.39 is 6.04 Å². The SMILES string of the molecule is COc1ccc(CNC(=O)N2CCCC2C(=O)N2CCCCCCNC(=O)CC2)cc1. The molecule has 170 valence electrons. The molecular formula is C23H34N4O4. The average molecular weight is 431 g/mol. The lowest BCUT2D eigenvalue weighted by atomic mass is 10.1. The lowest BCUT2D eigenvalue weighted by molar-refractivity contribution is -0.135. The van der Waals surface area contributed by atoms with E-state index in [4.69, 9.17) is 4.74 Å². The first-order valence-corrected chi connectivity index (χ1v) is 11.3. The van der Waals surface area contributed by atoms with Crippen molar-refractivity contribution in [3.8, 4) is 5.75 Å². The minimum absolute atomic E-state index is 0.0137. The molecule has 2 saturated heterocycles. The van der Waals surface area contributed by atoms with Gasteiger partial charge in [-0.1, -0.05) is 25.0 Å². The summed E-state index contributed by atoms with van der Waals surface area (Å²) in [6.07, 6.45) is 5.77. The van der Waals surface area contributed by atoms with Gasteiger partial charge in [0.2, 0.25) is 11.8 Å². The van der Waals surface area contributed by atoms with Crippen LogP contribution in [0.4, 0.5) is 4.79 Å². The highest BCUT2D eigenvalue weighted by Crippen LogP contribution is 2.21. The summed E-state index contributed by atoms with van der Waals surface area (Å²) in [6.45, 7) is 2.72. The second-order valence-electron chi connectivity index (χ2n) is 8.20. The van der Waals surface area contributed by atoms with Crippen LogP contribution in [0.2, 0.25) is 0 Å². The largest absolute Gasteiger partial charge is 0.497 e. The standard InChI is InChI=1S/C23H34N4O4/c1-31-19-10-8-18(9-11-19)17-25-23(30)27-15-6-7-20(27)22(29)26-14-5-3-2-4-13-24-21(28)12-16-26/h8-11,20H,2-7,12-17H2,1H3,(H,24,28)(H,25,30). The first kappa shape index (κ1) is 22.9. The Hall–Kier alpha value is -2.77. The Labute approximate surface area is 184 Å². The minimum atomic E-state index is -0.455. The van der Waals surface area contributed by atoms with Crippen molar-refractivity contribution in [2.24, 2.45) is 0 Å². The molecule has 0 radical (unpaired) electrons. The van der Waals surface area contributed by atoms with Crippen molar-refractivity contribution in [2.75, 3.05) is 33.3 Å². The van der Waals surface area contributed by atoms with Crippen LogP contribution in [-0.4, -0.2) is 67.0 Å². The van der Waals surface area contributed by atoms with Crippen molar-refractivity contribution in [3.63, 3.8) is 0 Å². The van der Waals surface area contributed by atoms with Gasteiger partial charge in [0.15, 0.2) is 0 Å². The summed E-state index contributed by atoms with van der Waals surface area (Å²) in [5, 5.41) is 5.85. The van der Waals surface area contributed by atoms with Gasteiger partial charge < -0.3 is 25.2 Å². The molecule has 2 N–H and O–H groups in total. The highest BCUT2D eigenvalue weighted by atomic mass is 16.5. The molecule has 0 aromatic heterocycles. The summed E-state index contributed by atoms with van der Waals surface area (Å²) in [6, 6.07) is 6.85. The molecule has 8 heteroatoms. The zero-order valence-corrected chi connectivity index (χ0v) is 18.4. The first-order chi connectivity index (χ1) is 15.1. The van der Waals surface area contributed by atoms with Gasteiger partial charge in [0.25, 0.3) is 0 Å². The van der Waals surface area contributed by atoms with Crippen LogP contribution in [0.1, 0.15) is 50.5 Å². The van der Waals surface area contributed by atoms with Crippen LogP contribution >= 0.6 is 0 Å². The van der Waals surface area contributed by atoms with E-state index in [9.17, 15) is 14.4 Å². The number of carbonyl (C=O) groups excluding carboxylic acids is 3. The molecule has 1 unspecified atom stereocenters. The summed E-state index contributed by atoms with van der Waals surface area (Å²) >= 11 is 0. The number of ether oxygens (including phenoxy) is 1. The number of rotatable bonds is 4. The molecule has 3 rings (SSSR count). The molecule has 31 heavy (non-hydrogen) atoms. The van der Waals surface area contributed by atoms with E-state index in [1.807, 2.05) is 24.3 Å². The zero-order chi connectivity index (χ0) is 22.1. The number of amides is 4. The number of carbonyl (C=O) groups is 3. The molecule has 0 bridgehead atoms. The van der Waals surface area contributed by atoms with E-state index in [2.05, 4.69) is 10.6 Å². The summed E-state index contributed by atoms with van der Waals surface area (Å²) in [7, 11) is 1.62. The van der Waals surface area contributed by atoms with E-state index in [-0.39, 0.29) is 17.8 Å². The van der Waals surface area contributed by atoms with Crippen LogP contribution in [0.25, 0.3) is 0 Å². The van der Waals surface area contributed by atoms with Crippen molar-refractivity contribution in [1.29, 1.82) is 0 Å². The molecule has 0 aliphatic carbocycles. The van der Waals surface area contributed by atoms with Crippen molar-refractivity contribution >= 4 is 17.8 Å². The van der Waals surface area contributed by atoms with Crippen LogP contribution in [0.15, 0.2) is 24.3 Å². The molecule has 4 amide bonds. The number of urea groups is 1. The summed E-state index contributed by atoms with van der Waals surface area (Å²) in [4.78, 5) is 41.5. The Bertz CT molecular complexity index is 752. The van der Waals surface area contributed by atoms with Crippen LogP contribution < -0.4 is 15.4 Å². The number of nitrogens with one attached hydrogen (secondary N) is 2. The summed E-state index contributed by atoms with van der Waals surface area (Å²) < 4.78 is 5.16. The Morgan fingerprint density at radius 3 is 2.61 bits per heavy atom. The number of methoxy groups -OCH3 is 1. The molecular weight excluding hydrogens is 396 g/mol. The van der Waals surface area contributed by atoms with Crippen LogP contribution in [0.3, 0.4) is 0 Å². The van der Waals surface area contributed by atoms with Crippen LogP contribution in [-0.2, 0) is 16.1 Å². The second kappa shape index (κ2) is 11.6. The maximum Gasteiger partial charge on any atom is 0.318 e. The van der Waals surface area contributed by atoms with Gasteiger partial charge in [0, 0.05) is 39.1 Å². The number of benzene rings is 1. The lowest BCUT2D eigenvalue weighted by Crippen LogP contribution is -2.51. The predicted molar refractivity (Wildman–Crippen MR) is 118 cm³/mol. The highest BCUT2D eigenvalue weighted by molar-refractivity contribution is 5.88. The summed E-state index contributed by atoms with van der Waals surface area (Å²) in [5.41, 5.74) is 0.967. The smallest absolute Gasteiger partial charge is 0.318 e. The zero-order valence-electron chi connectivity index (χ0n) is 18.4. The monoisotopic (exact) mass is 430 g/mol. The second-order valence-corrected chi connectivity index (χ2v) is 8.20. The Kier molecular flexibility index (Phi) is 8.55. The highest BCUT2D eigenvalue weighted by Gasteiger charge is 2.36. The van der Waals surface area contributed by atoms with Gasteiger partial charge in [0.1, 0.15) is 11.8 Å². The minimum Gasteiger partial charge on any atom is -0.497 e. The van der Waals surface area contributed by atoms with Crippen LogP contribution in [0.5, 0.6) is 5.75 Å². The lowest BCUT2D eigenvalue weighted by Gasteiger charge is -2.30. The number of hydrogen-bond acceptors (Lipinski definition) is 4. The quantitative estimate of drug-likeness (QED) is 0.767. The van der Waals surface area contributed by atoms with Gasteiger partial charge in [0.05, 0.1) is 7.11 Å². The molecule has 0 spiro atoms. The van der Waals surface area contributed by atoms with E-state index in [1.165, 1.54) is 0 Å². The fourth-order valence-electron chi connectivity index (χ4n) is 4.17. The fourth-order valence-corrected chi connectivity index (χ4v) is 4.17. The molecule has 1 atom stereocenters. The topological polar surface area (TPSA) is 91.0 Å². The number of hydrogen-bond donors (Lipinski definition) is 2. The Morgan fingerprint density at radius 2 is 1.84 bits per heavy atom. The normalized spacial score (nSPS) is 20.5. The molecule has 2 heterocycles. The maximum absolute atomic E-state index is 13.3. The average Bonchev–Trinajstić information content (AvgIpc) is 3.27.